The highest BCUT2D eigenvalue weighted by atomic mass is 35.5. The van der Waals surface area contributed by atoms with Gasteiger partial charge in [0.15, 0.2) is 15.7 Å². The average Bonchev–Trinajstić information content (AvgIpc) is 2.28. The third-order valence-corrected chi connectivity index (χ3v) is 4.02. The lowest BCUT2D eigenvalue weighted by Crippen LogP contribution is -2.15. The summed E-state index contributed by atoms with van der Waals surface area (Å²) in [4.78, 5) is 10.0. The van der Waals surface area contributed by atoms with E-state index in [1.807, 2.05) is 0 Å². The molecule has 0 amide bonds. The van der Waals surface area contributed by atoms with E-state index in [1.165, 1.54) is 7.11 Å². The normalized spacial score (nSPS) is 11.5. The highest BCUT2D eigenvalue weighted by molar-refractivity contribution is 7.91. The van der Waals surface area contributed by atoms with E-state index in [0.29, 0.717) is 0 Å². The fraction of sp³-hybridized carbons (Fsp3) is 0.300. The van der Waals surface area contributed by atoms with E-state index in [0.717, 1.165) is 12.1 Å². The van der Waals surface area contributed by atoms with Gasteiger partial charge in [0.2, 0.25) is 0 Å². The van der Waals surface area contributed by atoms with Crippen LogP contribution in [-0.4, -0.2) is 39.0 Å². The third kappa shape index (κ3) is 3.18. The van der Waals surface area contributed by atoms with Crippen LogP contribution in [0.5, 0.6) is 0 Å². The Bertz CT molecular complexity index is 570. The van der Waals surface area contributed by atoms with Crippen LogP contribution in [0.25, 0.3) is 0 Å². The number of hydrogen-bond donors (Lipinski definition) is 1. The Morgan fingerprint density at radius 1 is 1.50 bits per heavy atom. The van der Waals surface area contributed by atoms with Gasteiger partial charge in [0.1, 0.15) is 4.90 Å². The summed E-state index contributed by atoms with van der Waals surface area (Å²) in [5.74, 6) is -3.36. The number of hydrogen-bond acceptors (Lipinski definition) is 4. The molecule has 0 spiro atoms. The number of methoxy groups -OCH3 is 1. The Kier molecular flexibility index (Phi) is 4.66. The van der Waals surface area contributed by atoms with E-state index in [-0.39, 0.29) is 11.6 Å². The van der Waals surface area contributed by atoms with E-state index in [9.17, 15) is 17.6 Å². The number of ether oxygens (including phenoxy) is 1. The van der Waals surface area contributed by atoms with Crippen molar-refractivity contribution in [3.63, 3.8) is 0 Å². The minimum atomic E-state index is -3.98. The van der Waals surface area contributed by atoms with Crippen LogP contribution in [0.15, 0.2) is 17.0 Å². The number of aromatic carboxylic acids is 1. The zero-order valence-corrected chi connectivity index (χ0v) is 10.9. The first kappa shape index (κ1) is 14.9. The van der Waals surface area contributed by atoms with Crippen LogP contribution in [-0.2, 0) is 14.6 Å². The molecule has 8 heteroatoms. The van der Waals surface area contributed by atoms with Gasteiger partial charge in [-0.2, -0.15) is 0 Å². The molecule has 0 aliphatic carbocycles. The molecule has 0 aromatic heterocycles. The topological polar surface area (TPSA) is 80.7 Å². The van der Waals surface area contributed by atoms with Gasteiger partial charge < -0.3 is 9.84 Å². The van der Waals surface area contributed by atoms with E-state index in [1.54, 1.807) is 0 Å². The Balaban J connectivity index is 3.37. The number of benzene rings is 1. The Morgan fingerprint density at radius 3 is 2.61 bits per heavy atom. The minimum absolute atomic E-state index is 0.128. The van der Waals surface area contributed by atoms with E-state index < -0.39 is 37.8 Å². The van der Waals surface area contributed by atoms with Crippen molar-refractivity contribution >= 4 is 27.4 Å². The molecule has 1 aromatic carbocycles. The van der Waals surface area contributed by atoms with Gasteiger partial charge in [-0.3, -0.25) is 0 Å². The summed E-state index contributed by atoms with van der Waals surface area (Å²) in [6, 6.07) is 1.74. The second-order valence-corrected chi connectivity index (χ2v) is 5.90. The molecule has 5 nitrogen and oxygen atoms in total. The number of carboxylic acids is 1. The van der Waals surface area contributed by atoms with Gasteiger partial charge in [-0.1, -0.05) is 11.6 Å². The highest BCUT2D eigenvalue weighted by Gasteiger charge is 2.24. The van der Waals surface area contributed by atoms with Gasteiger partial charge in [0.05, 0.1) is 17.9 Å². The summed E-state index contributed by atoms with van der Waals surface area (Å²) in [5, 5.41) is 8.58. The molecule has 1 aromatic rings. The predicted octanol–water partition coefficient (Wildman–Crippen LogP) is 1.60. The molecule has 18 heavy (non-hydrogen) atoms. The maximum Gasteiger partial charge on any atom is 0.338 e. The fourth-order valence-corrected chi connectivity index (χ4v) is 2.83. The van der Waals surface area contributed by atoms with Crippen LogP contribution in [0, 0.1) is 5.82 Å². The number of carboxylic acid groups (broad SMARTS) is 1. The predicted molar refractivity (Wildman–Crippen MR) is 62.3 cm³/mol. The number of halogens is 2. The van der Waals surface area contributed by atoms with Crippen LogP contribution >= 0.6 is 11.6 Å². The number of rotatable bonds is 5. The summed E-state index contributed by atoms with van der Waals surface area (Å²) in [6.45, 7) is -0.128. The molecule has 0 aliphatic rings. The summed E-state index contributed by atoms with van der Waals surface area (Å²) < 4.78 is 41.9. The molecule has 0 atom stereocenters. The Labute approximate surface area is 108 Å². The maximum absolute atomic E-state index is 13.8. The van der Waals surface area contributed by atoms with Gasteiger partial charge in [-0.15, -0.1) is 0 Å². The van der Waals surface area contributed by atoms with Gasteiger partial charge in [-0.25, -0.2) is 17.6 Å². The summed E-state index contributed by atoms with van der Waals surface area (Å²) in [7, 11) is -2.68. The van der Waals surface area contributed by atoms with Crippen molar-refractivity contribution < 1.29 is 27.4 Å². The first-order chi connectivity index (χ1) is 8.29. The van der Waals surface area contributed by atoms with Crippen LogP contribution < -0.4 is 0 Å². The fourth-order valence-electron chi connectivity index (χ4n) is 1.25. The van der Waals surface area contributed by atoms with Crippen LogP contribution in [0.2, 0.25) is 5.02 Å². The Hall–Kier alpha value is -1.18. The van der Waals surface area contributed by atoms with Crippen molar-refractivity contribution in [2.24, 2.45) is 0 Å². The highest BCUT2D eigenvalue weighted by Crippen LogP contribution is 2.24. The first-order valence-corrected chi connectivity index (χ1v) is 6.76. The largest absolute Gasteiger partial charge is 0.478 e. The molecule has 0 radical (unpaired) electrons. The van der Waals surface area contributed by atoms with Crippen molar-refractivity contribution in [1.29, 1.82) is 0 Å². The van der Waals surface area contributed by atoms with Gasteiger partial charge in [0, 0.05) is 12.1 Å². The summed E-state index contributed by atoms with van der Waals surface area (Å²) in [6.07, 6.45) is 0. The van der Waals surface area contributed by atoms with E-state index >= 15 is 0 Å². The van der Waals surface area contributed by atoms with Gasteiger partial charge in [0.25, 0.3) is 0 Å². The third-order valence-electron chi connectivity index (χ3n) is 2.13. The zero-order chi connectivity index (χ0) is 13.9. The Morgan fingerprint density at radius 2 is 2.11 bits per heavy atom. The average molecular weight is 297 g/mol. The molecule has 0 aliphatic heterocycles. The SMILES string of the molecule is COCCS(=O)(=O)c1cc(Cl)cc(C(=O)O)c1F. The van der Waals surface area contributed by atoms with Crippen molar-refractivity contribution in [3.8, 4) is 0 Å². The van der Waals surface area contributed by atoms with E-state index in [4.69, 9.17) is 16.7 Å². The quantitative estimate of drug-likeness (QED) is 0.892. The molecule has 0 saturated heterocycles. The second kappa shape index (κ2) is 5.64. The molecular formula is C10H10ClFO5S. The minimum Gasteiger partial charge on any atom is -0.478 e. The monoisotopic (exact) mass is 296 g/mol. The van der Waals surface area contributed by atoms with Crippen LogP contribution in [0.4, 0.5) is 4.39 Å². The molecular weight excluding hydrogens is 287 g/mol. The van der Waals surface area contributed by atoms with Crippen LogP contribution in [0.1, 0.15) is 10.4 Å². The van der Waals surface area contributed by atoms with Crippen molar-refractivity contribution in [2.45, 2.75) is 4.90 Å². The molecule has 1 N–H and O–H groups in total. The molecule has 0 bridgehead atoms. The number of carbonyl (C=O) groups is 1. The lowest BCUT2D eigenvalue weighted by atomic mass is 10.2. The van der Waals surface area contributed by atoms with Gasteiger partial charge >= 0.3 is 5.97 Å². The number of sulfone groups is 1. The zero-order valence-electron chi connectivity index (χ0n) is 9.31. The molecule has 0 heterocycles. The summed E-state index contributed by atoms with van der Waals surface area (Å²) >= 11 is 5.58. The molecule has 1 rings (SSSR count). The van der Waals surface area contributed by atoms with Crippen molar-refractivity contribution in [3.05, 3.63) is 28.5 Å². The van der Waals surface area contributed by atoms with Crippen molar-refractivity contribution in [1.82, 2.24) is 0 Å². The second-order valence-electron chi connectivity index (χ2n) is 3.38. The molecule has 0 fully saturated rings. The van der Waals surface area contributed by atoms with Crippen LogP contribution in [0.3, 0.4) is 0 Å². The maximum atomic E-state index is 13.8. The lowest BCUT2D eigenvalue weighted by molar-refractivity contribution is 0.0691. The summed E-state index contributed by atoms with van der Waals surface area (Å²) in [5.41, 5.74) is -0.779. The first-order valence-electron chi connectivity index (χ1n) is 4.73. The smallest absolute Gasteiger partial charge is 0.338 e. The standard InChI is InChI=1S/C10H10ClFO5S/c1-17-2-3-18(15,16)8-5-6(11)4-7(9(8)12)10(13)14/h4-5H,2-3H2,1H3,(H,13,14). The molecule has 0 unspecified atom stereocenters. The molecule has 100 valence electrons. The van der Waals surface area contributed by atoms with Crippen molar-refractivity contribution in [2.75, 3.05) is 19.5 Å². The van der Waals surface area contributed by atoms with E-state index in [2.05, 4.69) is 4.74 Å². The lowest BCUT2D eigenvalue weighted by Gasteiger charge is -2.08. The molecule has 0 saturated carbocycles. The van der Waals surface area contributed by atoms with Gasteiger partial charge in [-0.05, 0) is 12.1 Å².